The number of Topliss-reactive ketones (excluding diaryl/α,β-unsaturated/α-hetero) is 1. The van der Waals surface area contributed by atoms with Gasteiger partial charge in [-0.25, -0.2) is 0 Å². The number of aryl methyl sites for hydroxylation is 2. The first kappa shape index (κ1) is 19.6. The van der Waals surface area contributed by atoms with E-state index in [1.54, 1.807) is 11.3 Å². The van der Waals surface area contributed by atoms with Crippen molar-refractivity contribution in [2.45, 2.75) is 38.6 Å². The van der Waals surface area contributed by atoms with Gasteiger partial charge in [0.15, 0.2) is 5.78 Å². The van der Waals surface area contributed by atoms with Gasteiger partial charge in [-0.2, -0.15) is 0 Å². The number of piperazine rings is 1. The fourth-order valence-electron chi connectivity index (χ4n) is 4.08. The molecule has 28 heavy (non-hydrogen) atoms. The topological polar surface area (TPSA) is 40.6 Å². The number of carbonyl (C=O) groups excluding carboxylic acids is 2. The van der Waals surface area contributed by atoms with Crippen molar-refractivity contribution in [1.82, 2.24) is 9.80 Å². The lowest BCUT2D eigenvalue weighted by Crippen LogP contribution is -2.48. The molecule has 0 unspecified atom stereocenters. The molecule has 1 amide bonds. The molecule has 1 aromatic carbocycles. The summed E-state index contributed by atoms with van der Waals surface area (Å²) in [6.07, 6.45) is 3.96. The third kappa shape index (κ3) is 4.65. The van der Waals surface area contributed by atoms with Crippen molar-refractivity contribution in [2.75, 3.05) is 26.2 Å². The van der Waals surface area contributed by atoms with Gasteiger partial charge in [-0.3, -0.25) is 14.5 Å². The van der Waals surface area contributed by atoms with Crippen LogP contribution in [0, 0.1) is 0 Å². The molecule has 2 aromatic rings. The van der Waals surface area contributed by atoms with Crippen LogP contribution in [0.3, 0.4) is 0 Å². The number of benzene rings is 1. The smallest absolute Gasteiger partial charge is 0.223 e. The third-order valence-corrected chi connectivity index (χ3v) is 6.94. The number of amides is 1. The summed E-state index contributed by atoms with van der Waals surface area (Å²) < 4.78 is 0.817. The van der Waals surface area contributed by atoms with E-state index in [-0.39, 0.29) is 11.7 Å². The molecule has 6 heteroatoms. The fraction of sp³-hybridized carbons (Fsp3) is 0.455. The lowest BCUT2D eigenvalue weighted by Gasteiger charge is -2.34. The molecule has 0 bridgehead atoms. The Hall–Kier alpha value is -1.69. The van der Waals surface area contributed by atoms with Crippen LogP contribution in [0.4, 0.5) is 0 Å². The second-order valence-corrected chi connectivity index (χ2v) is 9.42. The lowest BCUT2D eigenvalue weighted by atomic mass is 10.0. The zero-order valence-corrected chi connectivity index (χ0v) is 17.5. The molecule has 0 N–H and O–H groups in total. The van der Waals surface area contributed by atoms with Crippen molar-refractivity contribution in [2.24, 2.45) is 0 Å². The normalized spacial score (nSPS) is 17.0. The molecule has 148 valence electrons. The number of thiophene rings is 1. The summed E-state index contributed by atoms with van der Waals surface area (Å²) in [6, 6.07) is 10.0. The first-order chi connectivity index (χ1) is 13.6. The molecular formula is C22H25ClN2O2S. The quantitative estimate of drug-likeness (QED) is 0.662. The molecular weight excluding hydrogens is 392 g/mol. The van der Waals surface area contributed by atoms with E-state index in [0.717, 1.165) is 55.5 Å². The minimum absolute atomic E-state index is 0.0799. The standard InChI is InChI=1S/C22H25ClN2O2S/c23-21-8-6-19(28-21)15-24-10-12-25(13-11-24)22(27)9-7-20(26)18-5-4-16-2-1-3-17(16)14-18/h4-6,8,14H,1-3,7,9-13,15H2. The van der Waals surface area contributed by atoms with Crippen LogP contribution < -0.4 is 0 Å². The van der Waals surface area contributed by atoms with Crippen molar-refractivity contribution in [3.05, 3.63) is 56.2 Å². The average molecular weight is 417 g/mol. The summed E-state index contributed by atoms with van der Waals surface area (Å²) in [4.78, 5) is 30.5. The molecule has 0 atom stereocenters. The highest BCUT2D eigenvalue weighted by Crippen LogP contribution is 2.24. The Labute approximate surface area is 175 Å². The van der Waals surface area contributed by atoms with Crippen molar-refractivity contribution in [3.63, 3.8) is 0 Å². The van der Waals surface area contributed by atoms with Gasteiger partial charge in [0, 0.05) is 56.0 Å². The minimum atomic E-state index is 0.0799. The van der Waals surface area contributed by atoms with E-state index in [0.29, 0.717) is 12.8 Å². The Balaban J connectivity index is 1.23. The SMILES string of the molecule is O=C(CCC(=O)N1CCN(Cc2ccc(Cl)s2)CC1)c1ccc2c(c1)CCC2. The number of hydrogen-bond acceptors (Lipinski definition) is 4. The Morgan fingerprint density at radius 3 is 2.50 bits per heavy atom. The predicted molar refractivity (Wildman–Crippen MR) is 113 cm³/mol. The molecule has 1 saturated heterocycles. The summed E-state index contributed by atoms with van der Waals surface area (Å²) in [5, 5.41) is 0. The molecule has 1 aliphatic carbocycles. The molecule has 2 aliphatic rings. The first-order valence-electron chi connectivity index (χ1n) is 9.98. The van der Waals surface area contributed by atoms with E-state index in [9.17, 15) is 9.59 Å². The number of nitrogens with zero attached hydrogens (tertiary/aromatic N) is 2. The number of halogens is 1. The molecule has 4 nitrogen and oxygen atoms in total. The number of carbonyl (C=O) groups is 2. The number of fused-ring (bicyclic) bond motifs is 1. The largest absolute Gasteiger partial charge is 0.340 e. The molecule has 2 heterocycles. The maximum Gasteiger partial charge on any atom is 0.223 e. The highest BCUT2D eigenvalue weighted by Gasteiger charge is 2.22. The van der Waals surface area contributed by atoms with E-state index < -0.39 is 0 Å². The van der Waals surface area contributed by atoms with Gasteiger partial charge in [0.05, 0.1) is 4.34 Å². The summed E-state index contributed by atoms with van der Waals surface area (Å²) in [5.74, 6) is 0.171. The summed E-state index contributed by atoms with van der Waals surface area (Å²) >= 11 is 7.61. The first-order valence-corrected chi connectivity index (χ1v) is 11.2. The van der Waals surface area contributed by atoms with E-state index in [1.165, 1.54) is 22.4 Å². The van der Waals surface area contributed by atoms with Crippen LogP contribution in [-0.2, 0) is 24.2 Å². The average Bonchev–Trinajstić information content (AvgIpc) is 3.34. The fourth-order valence-corrected chi connectivity index (χ4v) is 5.21. The van der Waals surface area contributed by atoms with Crippen molar-refractivity contribution < 1.29 is 9.59 Å². The maximum atomic E-state index is 12.5. The number of hydrogen-bond donors (Lipinski definition) is 0. The van der Waals surface area contributed by atoms with Gasteiger partial charge in [-0.1, -0.05) is 23.7 Å². The Bertz CT molecular complexity index is 871. The van der Waals surface area contributed by atoms with Crippen LogP contribution in [-0.4, -0.2) is 47.7 Å². The van der Waals surface area contributed by atoms with Gasteiger partial charge in [0.2, 0.25) is 5.91 Å². The molecule has 1 aliphatic heterocycles. The molecule has 1 aromatic heterocycles. The van der Waals surface area contributed by atoms with Gasteiger partial charge >= 0.3 is 0 Å². The number of ketones is 1. The highest BCUT2D eigenvalue weighted by molar-refractivity contribution is 7.16. The summed E-state index contributed by atoms with van der Waals surface area (Å²) in [5.41, 5.74) is 3.43. The van der Waals surface area contributed by atoms with Crippen molar-refractivity contribution in [1.29, 1.82) is 0 Å². The van der Waals surface area contributed by atoms with Crippen LogP contribution >= 0.6 is 22.9 Å². The van der Waals surface area contributed by atoms with Crippen LogP contribution in [0.1, 0.15) is 45.6 Å². The highest BCUT2D eigenvalue weighted by atomic mass is 35.5. The van der Waals surface area contributed by atoms with Crippen LogP contribution in [0.5, 0.6) is 0 Å². The van der Waals surface area contributed by atoms with Gasteiger partial charge in [-0.05, 0) is 48.6 Å². The second-order valence-electron chi connectivity index (χ2n) is 7.62. The van der Waals surface area contributed by atoms with Crippen LogP contribution in [0.2, 0.25) is 4.34 Å². The zero-order valence-electron chi connectivity index (χ0n) is 16.0. The van der Waals surface area contributed by atoms with Crippen LogP contribution in [0.25, 0.3) is 0 Å². The molecule has 4 rings (SSSR count). The van der Waals surface area contributed by atoms with E-state index in [4.69, 9.17) is 11.6 Å². The monoisotopic (exact) mass is 416 g/mol. The third-order valence-electron chi connectivity index (χ3n) is 5.72. The second kappa shape index (κ2) is 8.76. The van der Waals surface area contributed by atoms with Gasteiger partial charge in [0.1, 0.15) is 0 Å². The van der Waals surface area contributed by atoms with Gasteiger partial charge < -0.3 is 4.90 Å². The van der Waals surface area contributed by atoms with Crippen LogP contribution in [0.15, 0.2) is 30.3 Å². The zero-order chi connectivity index (χ0) is 19.5. The van der Waals surface area contributed by atoms with E-state index in [2.05, 4.69) is 17.0 Å². The Kier molecular flexibility index (Phi) is 6.14. The minimum Gasteiger partial charge on any atom is -0.340 e. The summed E-state index contributed by atoms with van der Waals surface area (Å²) in [7, 11) is 0. The van der Waals surface area contributed by atoms with Gasteiger partial charge in [0.25, 0.3) is 0 Å². The van der Waals surface area contributed by atoms with E-state index in [1.807, 2.05) is 23.1 Å². The van der Waals surface area contributed by atoms with E-state index >= 15 is 0 Å². The Morgan fingerprint density at radius 1 is 0.964 bits per heavy atom. The van der Waals surface area contributed by atoms with Gasteiger partial charge in [-0.15, -0.1) is 11.3 Å². The Morgan fingerprint density at radius 2 is 1.75 bits per heavy atom. The number of rotatable bonds is 6. The maximum absolute atomic E-state index is 12.5. The molecule has 1 fully saturated rings. The molecule has 0 spiro atoms. The molecule has 0 saturated carbocycles. The molecule has 0 radical (unpaired) electrons. The predicted octanol–water partition coefficient (Wildman–Crippen LogP) is 4.20. The lowest BCUT2D eigenvalue weighted by molar-refractivity contribution is -0.132. The van der Waals surface area contributed by atoms with Crippen molar-refractivity contribution >= 4 is 34.6 Å². The van der Waals surface area contributed by atoms with Crippen molar-refractivity contribution in [3.8, 4) is 0 Å². The summed E-state index contributed by atoms with van der Waals surface area (Å²) in [6.45, 7) is 4.06.